The molecule has 2 rings (SSSR count). The van der Waals surface area contributed by atoms with E-state index in [4.69, 9.17) is 0 Å². The number of anilines is 1. The number of carbonyl (C=O) groups is 1. The molecule has 0 aliphatic carbocycles. The van der Waals surface area contributed by atoms with Crippen LogP contribution in [-0.2, 0) is 11.2 Å². The Morgan fingerprint density at radius 2 is 2.17 bits per heavy atom. The number of aromatic amines is 1. The number of hydrogen-bond donors (Lipinski definition) is 2. The third kappa shape index (κ3) is 0.903. The lowest BCUT2D eigenvalue weighted by molar-refractivity contribution is -0.115. The molecule has 12 heavy (non-hydrogen) atoms. The summed E-state index contributed by atoms with van der Waals surface area (Å²) in [5.41, 5.74) is 0.210. The maximum Gasteiger partial charge on any atom is 0.256 e. The zero-order valence-corrected chi connectivity index (χ0v) is 6.47. The lowest BCUT2D eigenvalue weighted by Crippen LogP contribution is -2.13. The van der Waals surface area contributed by atoms with Gasteiger partial charge in [-0.05, 0) is 6.92 Å². The smallest absolute Gasteiger partial charge is 0.256 e. The van der Waals surface area contributed by atoms with Crippen molar-refractivity contribution >= 4 is 11.7 Å². The number of H-pyrrole nitrogens is 1. The average Bonchev–Trinajstić information content (AvgIpc) is 2.29. The molecule has 0 saturated heterocycles. The van der Waals surface area contributed by atoms with Crippen LogP contribution in [0.3, 0.4) is 0 Å². The molecule has 0 aromatic carbocycles. The molecule has 5 heteroatoms. The SMILES string of the molecule is Cc1nc2c(c(=O)[nH]1)CC(=O)N2. The van der Waals surface area contributed by atoms with Crippen LogP contribution in [0.4, 0.5) is 5.82 Å². The summed E-state index contributed by atoms with van der Waals surface area (Å²) < 4.78 is 0. The molecule has 0 fully saturated rings. The topological polar surface area (TPSA) is 74.8 Å². The van der Waals surface area contributed by atoms with Crippen molar-refractivity contribution in [3.63, 3.8) is 0 Å². The van der Waals surface area contributed by atoms with Crippen molar-refractivity contribution in [3.8, 4) is 0 Å². The molecule has 0 saturated carbocycles. The first-order chi connectivity index (χ1) is 5.66. The number of amides is 1. The average molecular weight is 165 g/mol. The summed E-state index contributed by atoms with van der Waals surface area (Å²) in [4.78, 5) is 28.6. The fourth-order valence-electron chi connectivity index (χ4n) is 1.21. The molecule has 0 unspecified atom stereocenters. The van der Waals surface area contributed by atoms with Crippen LogP contribution in [0.1, 0.15) is 11.4 Å². The maximum atomic E-state index is 11.2. The third-order valence-electron chi connectivity index (χ3n) is 1.73. The molecule has 62 valence electrons. The van der Waals surface area contributed by atoms with Gasteiger partial charge < -0.3 is 10.3 Å². The van der Waals surface area contributed by atoms with Gasteiger partial charge in [0.1, 0.15) is 11.6 Å². The second kappa shape index (κ2) is 2.17. The second-order valence-electron chi connectivity index (χ2n) is 2.70. The van der Waals surface area contributed by atoms with E-state index in [1.165, 1.54) is 0 Å². The number of nitrogens with one attached hydrogen (secondary N) is 2. The summed E-state index contributed by atoms with van der Waals surface area (Å²) in [5, 5.41) is 2.51. The molecule has 1 aromatic heterocycles. The molecule has 1 amide bonds. The van der Waals surface area contributed by atoms with E-state index in [2.05, 4.69) is 15.3 Å². The van der Waals surface area contributed by atoms with Gasteiger partial charge in [0.05, 0.1) is 12.0 Å². The van der Waals surface area contributed by atoms with Crippen molar-refractivity contribution in [1.29, 1.82) is 0 Å². The van der Waals surface area contributed by atoms with Crippen LogP contribution in [0.15, 0.2) is 4.79 Å². The minimum absolute atomic E-state index is 0.137. The molecule has 0 bridgehead atoms. The van der Waals surface area contributed by atoms with E-state index in [1.54, 1.807) is 6.92 Å². The van der Waals surface area contributed by atoms with Crippen molar-refractivity contribution in [2.75, 3.05) is 5.32 Å². The first kappa shape index (κ1) is 7.02. The van der Waals surface area contributed by atoms with Gasteiger partial charge in [-0.2, -0.15) is 0 Å². The van der Waals surface area contributed by atoms with Crippen LogP contribution >= 0.6 is 0 Å². The zero-order valence-electron chi connectivity index (χ0n) is 6.47. The summed E-state index contributed by atoms with van der Waals surface area (Å²) in [7, 11) is 0. The predicted molar refractivity (Wildman–Crippen MR) is 41.9 cm³/mol. The van der Waals surface area contributed by atoms with Crippen molar-refractivity contribution in [1.82, 2.24) is 9.97 Å². The van der Waals surface area contributed by atoms with Gasteiger partial charge in [-0.3, -0.25) is 9.59 Å². The molecule has 0 atom stereocenters. The Morgan fingerprint density at radius 3 is 2.92 bits per heavy atom. The highest BCUT2D eigenvalue weighted by Crippen LogP contribution is 2.14. The molecule has 1 aromatic rings. The Labute approximate surface area is 67.8 Å². The second-order valence-corrected chi connectivity index (χ2v) is 2.70. The predicted octanol–water partition coefficient (Wildman–Crippen LogP) is -0.427. The van der Waals surface area contributed by atoms with E-state index in [-0.39, 0.29) is 17.9 Å². The Kier molecular flexibility index (Phi) is 1.27. The summed E-state index contributed by atoms with van der Waals surface area (Å²) in [6, 6.07) is 0. The molecule has 1 aliphatic rings. The number of aryl methyl sites for hydroxylation is 1. The molecule has 0 radical (unpaired) electrons. The summed E-state index contributed by atoms with van der Waals surface area (Å²) in [6.45, 7) is 1.67. The van der Waals surface area contributed by atoms with Crippen LogP contribution in [0.5, 0.6) is 0 Å². The van der Waals surface area contributed by atoms with E-state index in [9.17, 15) is 9.59 Å². The van der Waals surface area contributed by atoms with Crippen molar-refractivity contribution in [2.24, 2.45) is 0 Å². The van der Waals surface area contributed by atoms with Crippen LogP contribution < -0.4 is 10.9 Å². The minimum atomic E-state index is -0.226. The van der Waals surface area contributed by atoms with E-state index >= 15 is 0 Å². The van der Waals surface area contributed by atoms with E-state index < -0.39 is 0 Å². The summed E-state index contributed by atoms with van der Waals surface area (Å²) in [6.07, 6.45) is 0.137. The van der Waals surface area contributed by atoms with E-state index in [0.717, 1.165) is 0 Å². The molecule has 5 nitrogen and oxygen atoms in total. The van der Waals surface area contributed by atoms with E-state index in [0.29, 0.717) is 17.2 Å². The van der Waals surface area contributed by atoms with Gasteiger partial charge in [-0.15, -0.1) is 0 Å². The quantitative estimate of drug-likeness (QED) is 0.548. The Balaban J connectivity index is 2.67. The van der Waals surface area contributed by atoms with Crippen LogP contribution in [0.25, 0.3) is 0 Å². The fraction of sp³-hybridized carbons (Fsp3) is 0.286. The first-order valence-electron chi connectivity index (χ1n) is 3.56. The molecular formula is C7H7N3O2. The number of hydrogen-bond acceptors (Lipinski definition) is 3. The minimum Gasteiger partial charge on any atom is -0.310 e. The maximum absolute atomic E-state index is 11.2. The van der Waals surface area contributed by atoms with Crippen molar-refractivity contribution in [3.05, 3.63) is 21.7 Å². The Bertz CT molecular complexity index is 408. The molecular weight excluding hydrogens is 158 g/mol. The Morgan fingerprint density at radius 1 is 1.42 bits per heavy atom. The van der Waals surface area contributed by atoms with Gasteiger partial charge in [0.2, 0.25) is 5.91 Å². The van der Waals surface area contributed by atoms with Gasteiger partial charge in [0.25, 0.3) is 5.56 Å². The first-order valence-corrected chi connectivity index (χ1v) is 3.56. The molecule has 1 aliphatic heterocycles. The summed E-state index contributed by atoms with van der Waals surface area (Å²) in [5.74, 6) is 0.746. The van der Waals surface area contributed by atoms with E-state index in [1.807, 2.05) is 0 Å². The lowest BCUT2D eigenvalue weighted by Gasteiger charge is -1.96. The normalized spacial score (nSPS) is 14.2. The van der Waals surface area contributed by atoms with Crippen LogP contribution in [-0.4, -0.2) is 15.9 Å². The van der Waals surface area contributed by atoms with Gasteiger partial charge in [-0.1, -0.05) is 0 Å². The highest BCUT2D eigenvalue weighted by Gasteiger charge is 2.22. The van der Waals surface area contributed by atoms with Crippen molar-refractivity contribution < 1.29 is 4.79 Å². The monoisotopic (exact) mass is 165 g/mol. The number of aromatic nitrogens is 2. The van der Waals surface area contributed by atoms with Gasteiger partial charge in [0.15, 0.2) is 0 Å². The molecule has 2 N–H and O–H groups in total. The summed E-state index contributed by atoms with van der Waals surface area (Å²) >= 11 is 0. The van der Waals surface area contributed by atoms with Crippen LogP contribution in [0.2, 0.25) is 0 Å². The fourth-order valence-corrected chi connectivity index (χ4v) is 1.21. The van der Waals surface area contributed by atoms with Crippen LogP contribution in [0, 0.1) is 6.92 Å². The van der Waals surface area contributed by atoms with Crippen molar-refractivity contribution in [2.45, 2.75) is 13.3 Å². The van der Waals surface area contributed by atoms with Gasteiger partial charge in [-0.25, -0.2) is 4.98 Å². The van der Waals surface area contributed by atoms with Gasteiger partial charge in [0, 0.05) is 0 Å². The standard InChI is InChI=1S/C7H7N3O2/c1-3-8-6-4(7(12)9-3)2-5(11)10-6/h2H2,1H3,(H2,8,9,10,11,12). The number of rotatable bonds is 0. The van der Waals surface area contributed by atoms with Gasteiger partial charge >= 0.3 is 0 Å². The third-order valence-corrected chi connectivity index (χ3v) is 1.73. The molecule has 2 heterocycles. The Hall–Kier alpha value is -1.65. The highest BCUT2D eigenvalue weighted by atomic mass is 16.2. The zero-order chi connectivity index (χ0) is 8.72. The lowest BCUT2D eigenvalue weighted by atomic mass is 10.2. The molecule has 0 spiro atoms. The number of carbonyl (C=O) groups excluding carboxylic acids is 1. The number of fused-ring (bicyclic) bond motifs is 1. The number of nitrogens with zero attached hydrogens (tertiary/aromatic N) is 1. The highest BCUT2D eigenvalue weighted by molar-refractivity contribution is 5.97. The largest absolute Gasteiger partial charge is 0.310 e.